The van der Waals surface area contributed by atoms with Gasteiger partial charge < -0.3 is 5.32 Å². The Labute approximate surface area is 161 Å². The molecule has 2 rings (SSSR count). The number of carbonyl (C=O) groups is 1. The van der Waals surface area contributed by atoms with E-state index in [0.29, 0.717) is 0 Å². The lowest BCUT2D eigenvalue weighted by Gasteiger charge is -2.23. The maximum Gasteiger partial charge on any atom is 0.227 e. The standard InChI is InChI=1S/C24H39NO/c1-2-3-4-5-10-17-22(18-13-16-21-14-8-6-9-15-21)24(26)25-23-19-11-7-12-20-23/h7,11-12,19-22H,2-6,8-10,13-18H2,1H3,(H,25,26)/t22-/m1/s1. The molecule has 146 valence electrons. The normalized spacial score (nSPS) is 16.3. The van der Waals surface area contributed by atoms with E-state index in [1.807, 2.05) is 30.3 Å². The van der Waals surface area contributed by atoms with E-state index in [-0.39, 0.29) is 11.8 Å². The van der Waals surface area contributed by atoms with Gasteiger partial charge in [-0.25, -0.2) is 0 Å². The Balaban J connectivity index is 1.78. The molecule has 2 heteroatoms. The minimum absolute atomic E-state index is 0.181. The van der Waals surface area contributed by atoms with Crippen LogP contribution in [0.15, 0.2) is 30.3 Å². The molecule has 1 aliphatic carbocycles. The van der Waals surface area contributed by atoms with Crippen molar-refractivity contribution < 1.29 is 4.79 Å². The van der Waals surface area contributed by atoms with Crippen molar-refractivity contribution in [3.63, 3.8) is 0 Å². The number of nitrogens with one attached hydrogen (secondary N) is 1. The third-order valence-corrected chi connectivity index (χ3v) is 5.96. The van der Waals surface area contributed by atoms with Crippen LogP contribution in [0.1, 0.15) is 96.8 Å². The highest BCUT2D eigenvalue weighted by molar-refractivity contribution is 5.92. The number of anilines is 1. The van der Waals surface area contributed by atoms with Crippen LogP contribution >= 0.6 is 0 Å². The molecule has 0 heterocycles. The lowest BCUT2D eigenvalue weighted by Crippen LogP contribution is -2.23. The lowest BCUT2D eigenvalue weighted by molar-refractivity contribution is -0.120. The van der Waals surface area contributed by atoms with Crippen LogP contribution < -0.4 is 5.32 Å². The number of rotatable bonds is 12. The molecule has 1 fully saturated rings. The summed E-state index contributed by atoms with van der Waals surface area (Å²) >= 11 is 0. The van der Waals surface area contributed by atoms with Gasteiger partial charge in [-0.1, -0.05) is 102 Å². The summed E-state index contributed by atoms with van der Waals surface area (Å²) in [6, 6.07) is 9.93. The molecule has 0 radical (unpaired) electrons. The SMILES string of the molecule is CCCCCCC[C@H](CCCC1CCCCC1)C(=O)Nc1ccccc1. The van der Waals surface area contributed by atoms with Crippen LogP contribution in [-0.2, 0) is 4.79 Å². The third kappa shape index (κ3) is 8.38. The van der Waals surface area contributed by atoms with Crippen LogP contribution in [-0.4, -0.2) is 5.91 Å². The van der Waals surface area contributed by atoms with Crippen molar-refractivity contribution in [3.05, 3.63) is 30.3 Å². The molecule has 0 bridgehead atoms. The first-order valence-corrected chi connectivity index (χ1v) is 11.2. The second-order valence-electron chi connectivity index (χ2n) is 8.19. The largest absolute Gasteiger partial charge is 0.326 e. The van der Waals surface area contributed by atoms with Crippen molar-refractivity contribution >= 4 is 11.6 Å². The molecule has 1 aromatic rings. The Morgan fingerprint density at radius 3 is 2.38 bits per heavy atom. The van der Waals surface area contributed by atoms with Gasteiger partial charge in [0.2, 0.25) is 5.91 Å². The van der Waals surface area contributed by atoms with Crippen molar-refractivity contribution in [2.24, 2.45) is 11.8 Å². The summed E-state index contributed by atoms with van der Waals surface area (Å²) < 4.78 is 0. The molecule has 1 saturated carbocycles. The Kier molecular flexibility index (Phi) is 10.5. The zero-order chi connectivity index (χ0) is 18.5. The van der Waals surface area contributed by atoms with Crippen LogP contribution in [0.25, 0.3) is 0 Å². The smallest absolute Gasteiger partial charge is 0.227 e. The maximum absolute atomic E-state index is 12.8. The fourth-order valence-corrected chi connectivity index (χ4v) is 4.30. The molecule has 0 saturated heterocycles. The fourth-order valence-electron chi connectivity index (χ4n) is 4.30. The van der Waals surface area contributed by atoms with Gasteiger partial charge >= 0.3 is 0 Å². The molecule has 1 amide bonds. The zero-order valence-corrected chi connectivity index (χ0v) is 16.8. The predicted molar refractivity (Wildman–Crippen MR) is 112 cm³/mol. The highest BCUT2D eigenvalue weighted by atomic mass is 16.1. The van der Waals surface area contributed by atoms with Gasteiger partial charge in [-0.2, -0.15) is 0 Å². The van der Waals surface area contributed by atoms with E-state index in [4.69, 9.17) is 0 Å². The number of benzene rings is 1. The van der Waals surface area contributed by atoms with Gasteiger partial charge in [0, 0.05) is 11.6 Å². The summed E-state index contributed by atoms with van der Waals surface area (Å²) in [5, 5.41) is 3.14. The summed E-state index contributed by atoms with van der Waals surface area (Å²) in [7, 11) is 0. The molecule has 26 heavy (non-hydrogen) atoms. The third-order valence-electron chi connectivity index (χ3n) is 5.96. The summed E-state index contributed by atoms with van der Waals surface area (Å²) in [6.45, 7) is 2.25. The molecule has 2 nitrogen and oxygen atoms in total. The molecule has 1 aliphatic rings. The molecule has 1 N–H and O–H groups in total. The van der Waals surface area contributed by atoms with E-state index < -0.39 is 0 Å². The van der Waals surface area contributed by atoms with Gasteiger partial charge in [-0.3, -0.25) is 4.79 Å². The molecule has 1 aromatic carbocycles. The molecule has 1 atom stereocenters. The van der Waals surface area contributed by atoms with E-state index in [9.17, 15) is 4.79 Å². The second kappa shape index (κ2) is 12.9. The van der Waals surface area contributed by atoms with Gasteiger partial charge in [-0.05, 0) is 30.9 Å². The molecular weight excluding hydrogens is 318 g/mol. The van der Waals surface area contributed by atoms with Crippen LogP contribution in [0.5, 0.6) is 0 Å². The van der Waals surface area contributed by atoms with Gasteiger partial charge in [-0.15, -0.1) is 0 Å². The molecule has 0 spiro atoms. The van der Waals surface area contributed by atoms with E-state index in [0.717, 1.165) is 24.4 Å². The van der Waals surface area contributed by atoms with E-state index >= 15 is 0 Å². The fraction of sp³-hybridized carbons (Fsp3) is 0.708. The summed E-state index contributed by atoms with van der Waals surface area (Å²) in [5.74, 6) is 1.34. The lowest BCUT2D eigenvalue weighted by atomic mass is 9.84. The highest BCUT2D eigenvalue weighted by Gasteiger charge is 2.20. The summed E-state index contributed by atoms with van der Waals surface area (Å²) in [4.78, 5) is 12.8. The number of carbonyl (C=O) groups excluding carboxylic acids is 1. The number of unbranched alkanes of at least 4 members (excludes halogenated alkanes) is 4. The Hall–Kier alpha value is -1.31. The molecule has 0 aliphatic heterocycles. The second-order valence-corrected chi connectivity index (χ2v) is 8.19. The van der Waals surface area contributed by atoms with Crippen LogP contribution in [0.3, 0.4) is 0 Å². The monoisotopic (exact) mass is 357 g/mol. The molecular formula is C24H39NO. The van der Waals surface area contributed by atoms with Gasteiger partial charge in [0.15, 0.2) is 0 Å². The average molecular weight is 358 g/mol. The Morgan fingerprint density at radius 1 is 0.962 bits per heavy atom. The van der Waals surface area contributed by atoms with Crippen LogP contribution in [0.2, 0.25) is 0 Å². The zero-order valence-electron chi connectivity index (χ0n) is 16.8. The van der Waals surface area contributed by atoms with E-state index in [1.54, 1.807) is 0 Å². The van der Waals surface area contributed by atoms with Gasteiger partial charge in [0.25, 0.3) is 0 Å². The van der Waals surface area contributed by atoms with E-state index in [1.165, 1.54) is 77.0 Å². The first-order chi connectivity index (χ1) is 12.8. The van der Waals surface area contributed by atoms with Crippen LogP contribution in [0, 0.1) is 11.8 Å². The van der Waals surface area contributed by atoms with Crippen molar-refractivity contribution in [1.82, 2.24) is 0 Å². The van der Waals surface area contributed by atoms with Crippen LogP contribution in [0.4, 0.5) is 5.69 Å². The number of hydrogen-bond acceptors (Lipinski definition) is 1. The predicted octanol–water partition coefficient (Wildman–Crippen LogP) is 7.35. The maximum atomic E-state index is 12.8. The number of hydrogen-bond donors (Lipinski definition) is 1. The highest BCUT2D eigenvalue weighted by Crippen LogP contribution is 2.29. The molecule has 0 unspecified atom stereocenters. The van der Waals surface area contributed by atoms with E-state index in [2.05, 4.69) is 12.2 Å². The van der Waals surface area contributed by atoms with Gasteiger partial charge in [0.1, 0.15) is 0 Å². The number of para-hydroxylation sites is 1. The number of amides is 1. The van der Waals surface area contributed by atoms with Gasteiger partial charge in [0.05, 0.1) is 0 Å². The minimum Gasteiger partial charge on any atom is -0.326 e. The summed E-state index contributed by atoms with van der Waals surface area (Å²) in [6.07, 6.45) is 18.1. The van der Waals surface area contributed by atoms with Crippen molar-refractivity contribution in [2.75, 3.05) is 5.32 Å². The first-order valence-electron chi connectivity index (χ1n) is 11.2. The van der Waals surface area contributed by atoms with Crippen molar-refractivity contribution in [3.8, 4) is 0 Å². The quantitative estimate of drug-likeness (QED) is 0.389. The Bertz CT molecular complexity index is 478. The topological polar surface area (TPSA) is 29.1 Å². The summed E-state index contributed by atoms with van der Waals surface area (Å²) in [5.41, 5.74) is 0.931. The van der Waals surface area contributed by atoms with Crippen molar-refractivity contribution in [1.29, 1.82) is 0 Å². The first kappa shape index (κ1) is 21.0. The molecule has 0 aromatic heterocycles. The Morgan fingerprint density at radius 2 is 1.65 bits per heavy atom. The average Bonchev–Trinajstić information content (AvgIpc) is 2.68. The minimum atomic E-state index is 0.181. The van der Waals surface area contributed by atoms with Crippen molar-refractivity contribution in [2.45, 2.75) is 96.8 Å².